The zero-order chi connectivity index (χ0) is 14.4. The van der Waals surface area contributed by atoms with Gasteiger partial charge in [0, 0.05) is 21.6 Å². The number of thiophene rings is 1. The molecule has 0 spiro atoms. The van der Waals surface area contributed by atoms with Gasteiger partial charge in [-0.25, -0.2) is 0 Å². The summed E-state index contributed by atoms with van der Waals surface area (Å²) in [5.74, 6) is 0.0928. The molecule has 0 saturated carbocycles. The van der Waals surface area contributed by atoms with Gasteiger partial charge in [-0.1, -0.05) is 37.1 Å². The quantitative estimate of drug-likeness (QED) is 0.623. The van der Waals surface area contributed by atoms with Crippen molar-refractivity contribution in [2.24, 2.45) is 0 Å². The third kappa shape index (κ3) is 1.91. The Morgan fingerprint density at radius 1 is 0.810 bits per heavy atom. The highest BCUT2D eigenvalue weighted by Gasteiger charge is 2.34. The Balaban J connectivity index is 1.93. The molecule has 106 valence electrons. The molecule has 0 unspecified atom stereocenters. The minimum atomic E-state index is 0.0388. The van der Waals surface area contributed by atoms with Crippen LogP contribution in [-0.4, -0.2) is 11.6 Å². The van der Waals surface area contributed by atoms with Crippen LogP contribution >= 0.6 is 11.3 Å². The maximum atomic E-state index is 12.8. The van der Waals surface area contributed by atoms with E-state index >= 15 is 0 Å². The Labute approximate surface area is 127 Å². The summed E-state index contributed by atoms with van der Waals surface area (Å²) in [5.41, 5.74) is 3.05. The fourth-order valence-corrected chi connectivity index (χ4v) is 4.80. The number of ketones is 2. The van der Waals surface area contributed by atoms with E-state index in [0.717, 1.165) is 24.8 Å². The molecule has 0 N–H and O–H groups in total. The minimum Gasteiger partial charge on any atom is -0.289 e. The van der Waals surface area contributed by atoms with E-state index in [1.807, 2.05) is 12.1 Å². The summed E-state index contributed by atoms with van der Waals surface area (Å²) in [4.78, 5) is 27.5. The first kappa shape index (κ1) is 13.0. The highest BCUT2D eigenvalue weighted by Crippen LogP contribution is 2.39. The average Bonchev–Trinajstić information content (AvgIpc) is 2.83. The fourth-order valence-electron chi connectivity index (χ4n) is 3.46. The molecule has 2 aliphatic carbocycles. The van der Waals surface area contributed by atoms with Crippen LogP contribution in [0.15, 0.2) is 24.3 Å². The summed E-state index contributed by atoms with van der Waals surface area (Å²) in [6, 6.07) is 7.23. The van der Waals surface area contributed by atoms with E-state index in [2.05, 4.69) is 0 Å². The summed E-state index contributed by atoms with van der Waals surface area (Å²) in [7, 11) is 0. The van der Waals surface area contributed by atoms with Gasteiger partial charge in [-0.3, -0.25) is 9.59 Å². The zero-order valence-corrected chi connectivity index (χ0v) is 12.6. The third-order valence-electron chi connectivity index (χ3n) is 4.52. The summed E-state index contributed by atoms with van der Waals surface area (Å²) in [5, 5.41) is 0. The normalized spacial score (nSPS) is 17.5. The molecule has 0 aliphatic heterocycles. The molecular weight excluding hydrogens is 280 g/mol. The standard InChI is InChI=1S/C18H16O2S/c19-16-11-7-5-6-8-12(11)17(20)18-15(16)13-9-3-1-2-4-10-14(13)21-18/h5-8H,1-4,9-10H2. The SMILES string of the molecule is O=C1c2ccccc2C(=O)c2c1sc1c2CCCCCC1. The molecule has 2 nitrogen and oxygen atoms in total. The van der Waals surface area contributed by atoms with Crippen molar-refractivity contribution < 1.29 is 9.59 Å². The molecule has 21 heavy (non-hydrogen) atoms. The van der Waals surface area contributed by atoms with Crippen molar-refractivity contribution in [2.75, 3.05) is 0 Å². The van der Waals surface area contributed by atoms with Crippen LogP contribution in [0.4, 0.5) is 0 Å². The molecule has 4 rings (SSSR count). The van der Waals surface area contributed by atoms with Crippen molar-refractivity contribution in [2.45, 2.75) is 38.5 Å². The van der Waals surface area contributed by atoms with Gasteiger partial charge in [-0.05, 0) is 31.2 Å². The first-order valence-corrected chi connectivity index (χ1v) is 8.42. The van der Waals surface area contributed by atoms with E-state index < -0.39 is 0 Å². The predicted molar refractivity (Wildman–Crippen MR) is 83.5 cm³/mol. The van der Waals surface area contributed by atoms with Crippen LogP contribution in [0.1, 0.15) is 67.3 Å². The van der Waals surface area contributed by atoms with Crippen LogP contribution in [0.5, 0.6) is 0 Å². The molecule has 0 radical (unpaired) electrons. The lowest BCUT2D eigenvalue weighted by molar-refractivity contribution is 0.0981. The van der Waals surface area contributed by atoms with Crippen LogP contribution in [0.2, 0.25) is 0 Å². The van der Waals surface area contributed by atoms with Crippen LogP contribution in [0, 0.1) is 0 Å². The van der Waals surface area contributed by atoms with Gasteiger partial charge < -0.3 is 0 Å². The van der Waals surface area contributed by atoms with Crippen molar-refractivity contribution in [3.63, 3.8) is 0 Å². The first-order chi connectivity index (χ1) is 10.3. The lowest BCUT2D eigenvalue weighted by Crippen LogP contribution is -2.20. The van der Waals surface area contributed by atoms with Gasteiger partial charge in [0.1, 0.15) is 0 Å². The number of hydrogen-bond acceptors (Lipinski definition) is 3. The first-order valence-electron chi connectivity index (χ1n) is 7.60. The molecule has 1 heterocycles. The van der Waals surface area contributed by atoms with Crippen molar-refractivity contribution in [3.05, 3.63) is 56.3 Å². The number of carbonyl (C=O) groups is 2. The van der Waals surface area contributed by atoms with E-state index in [1.165, 1.54) is 29.7 Å². The van der Waals surface area contributed by atoms with Crippen LogP contribution < -0.4 is 0 Å². The average molecular weight is 296 g/mol. The number of benzene rings is 1. The number of hydrogen-bond donors (Lipinski definition) is 0. The molecule has 1 aromatic heterocycles. The molecule has 2 aliphatic rings. The van der Waals surface area contributed by atoms with E-state index in [4.69, 9.17) is 0 Å². The Kier molecular flexibility index (Phi) is 3.03. The van der Waals surface area contributed by atoms with E-state index in [9.17, 15) is 9.59 Å². The Morgan fingerprint density at radius 2 is 1.48 bits per heavy atom. The van der Waals surface area contributed by atoms with E-state index in [0.29, 0.717) is 16.0 Å². The zero-order valence-electron chi connectivity index (χ0n) is 11.8. The summed E-state index contributed by atoms with van der Waals surface area (Å²) >= 11 is 1.57. The highest BCUT2D eigenvalue weighted by atomic mass is 32.1. The maximum Gasteiger partial charge on any atom is 0.204 e. The van der Waals surface area contributed by atoms with Crippen LogP contribution in [0.3, 0.4) is 0 Å². The molecular formula is C18H16O2S. The molecule has 0 bridgehead atoms. The molecule has 2 aromatic rings. The van der Waals surface area contributed by atoms with E-state index in [1.54, 1.807) is 23.5 Å². The smallest absolute Gasteiger partial charge is 0.204 e. The van der Waals surface area contributed by atoms with Crippen molar-refractivity contribution in [3.8, 4) is 0 Å². The summed E-state index contributed by atoms with van der Waals surface area (Å²) in [6.45, 7) is 0. The van der Waals surface area contributed by atoms with Gasteiger partial charge in [0.2, 0.25) is 5.78 Å². The van der Waals surface area contributed by atoms with Gasteiger partial charge in [0.05, 0.1) is 4.88 Å². The second-order valence-electron chi connectivity index (χ2n) is 5.83. The number of carbonyl (C=O) groups excluding carboxylic acids is 2. The predicted octanol–water partition coefficient (Wildman–Crippen LogP) is 4.18. The lowest BCUT2D eigenvalue weighted by Gasteiger charge is -2.16. The minimum absolute atomic E-state index is 0.0388. The Morgan fingerprint density at radius 3 is 2.24 bits per heavy atom. The lowest BCUT2D eigenvalue weighted by atomic mass is 9.85. The Hall–Kier alpha value is -1.74. The van der Waals surface area contributed by atoms with Crippen LogP contribution in [0.25, 0.3) is 0 Å². The van der Waals surface area contributed by atoms with Crippen molar-refractivity contribution in [1.29, 1.82) is 0 Å². The van der Waals surface area contributed by atoms with Gasteiger partial charge in [-0.2, -0.15) is 0 Å². The molecule has 1 aromatic carbocycles. The van der Waals surface area contributed by atoms with Gasteiger partial charge in [0.25, 0.3) is 0 Å². The monoisotopic (exact) mass is 296 g/mol. The van der Waals surface area contributed by atoms with Crippen molar-refractivity contribution in [1.82, 2.24) is 0 Å². The molecule has 3 heteroatoms. The van der Waals surface area contributed by atoms with E-state index in [-0.39, 0.29) is 11.6 Å². The second-order valence-corrected chi connectivity index (χ2v) is 6.93. The molecule has 0 saturated heterocycles. The molecule has 0 amide bonds. The third-order valence-corrected chi connectivity index (χ3v) is 5.81. The Bertz CT molecular complexity index is 755. The number of fused-ring (bicyclic) bond motifs is 4. The number of aryl methyl sites for hydroxylation is 1. The van der Waals surface area contributed by atoms with Crippen LogP contribution in [-0.2, 0) is 12.8 Å². The molecule has 0 fully saturated rings. The topological polar surface area (TPSA) is 34.1 Å². The van der Waals surface area contributed by atoms with Crippen molar-refractivity contribution >= 4 is 22.9 Å². The largest absolute Gasteiger partial charge is 0.289 e. The highest BCUT2D eigenvalue weighted by molar-refractivity contribution is 7.15. The summed E-state index contributed by atoms with van der Waals surface area (Å²) in [6.07, 6.45) is 6.74. The summed E-state index contributed by atoms with van der Waals surface area (Å²) < 4.78 is 0. The van der Waals surface area contributed by atoms with Gasteiger partial charge in [0.15, 0.2) is 5.78 Å². The van der Waals surface area contributed by atoms with Gasteiger partial charge >= 0.3 is 0 Å². The molecule has 0 atom stereocenters. The van der Waals surface area contributed by atoms with Gasteiger partial charge in [-0.15, -0.1) is 11.3 Å². The maximum absolute atomic E-state index is 12.8. The number of rotatable bonds is 0. The fraction of sp³-hybridized carbons (Fsp3) is 0.333. The second kappa shape index (κ2) is 4.92.